The van der Waals surface area contributed by atoms with Gasteiger partial charge in [-0.3, -0.25) is 0 Å². The maximum atomic E-state index is 13.0. The highest BCUT2D eigenvalue weighted by Crippen LogP contribution is 2.36. The van der Waals surface area contributed by atoms with E-state index in [9.17, 15) is 22.0 Å². The number of hydrogen-bond acceptors (Lipinski definition) is 1. The van der Waals surface area contributed by atoms with E-state index in [-0.39, 0.29) is 0 Å². The third kappa shape index (κ3) is 2.38. The van der Waals surface area contributed by atoms with Gasteiger partial charge in [-0.05, 0) is 12.1 Å². The van der Waals surface area contributed by atoms with Crippen LogP contribution in [0.15, 0.2) is 12.1 Å². The molecule has 15 heavy (non-hydrogen) atoms. The van der Waals surface area contributed by atoms with Crippen LogP contribution in [0.3, 0.4) is 0 Å². The maximum absolute atomic E-state index is 13.0. The van der Waals surface area contributed by atoms with Crippen LogP contribution >= 0.6 is 11.6 Å². The quantitative estimate of drug-likeness (QED) is 0.596. The van der Waals surface area contributed by atoms with Gasteiger partial charge in [0.1, 0.15) is 5.82 Å². The Labute approximate surface area is 86.1 Å². The third-order valence-electron chi connectivity index (χ3n) is 1.66. The van der Waals surface area contributed by atoms with Crippen molar-refractivity contribution in [1.29, 1.82) is 0 Å². The largest absolute Gasteiger partial charge is 0.418 e. The van der Waals surface area contributed by atoms with Crippen molar-refractivity contribution < 1.29 is 27.1 Å². The minimum atomic E-state index is -5.15. The molecule has 0 saturated carbocycles. The van der Waals surface area contributed by atoms with Gasteiger partial charge in [-0.1, -0.05) is 11.6 Å². The van der Waals surface area contributed by atoms with E-state index in [4.69, 9.17) is 16.7 Å². The summed E-state index contributed by atoms with van der Waals surface area (Å²) >= 11 is 5.16. The highest BCUT2D eigenvalue weighted by atomic mass is 35.5. The van der Waals surface area contributed by atoms with Gasteiger partial charge in [-0.15, -0.1) is 0 Å². The van der Waals surface area contributed by atoms with Gasteiger partial charge >= 0.3 is 6.18 Å². The number of rotatable bonds is 1. The number of benzene rings is 1. The molecule has 0 unspecified atom stereocenters. The second kappa shape index (κ2) is 3.94. The molecule has 1 aromatic rings. The van der Waals surface area contributed by atoms with Crippen LogP contribution in [0.4, 0.5) is 22.0 Å². The normalized spacial score (nSPS) is 14.1. The lowest BCUT2D eigenvalue weighted by molar-refractivity contribution is -0.208. The molecule has 1 atom stereocenters. The van der Waals surface area contributed by atoms with E-state index in [1.165, 1.54) is 0 Å². The molecule has 0 spiro atoms. The van der Waals surface area contributed by atoms with Crippen LogP contribution in [0.2, 0.25) is 5.02 Å². The first kappa shape index (κ1) is 12.2. The van der Waals surface area contributed by atoms with Gasteiger partial charge in [-0.25, -0.2) is 8.78 Å². The zero-order valence-electron chi connectivity index (χ0n) is 6.95. The van der Waals surface area contributed by atoms with Crippen LogP contribution in [0.25, 0.3) is 0 Å². The lowest BCUT2D eigenvalue weighted by atomic mass is 10.1. The van der Waals surface area contributed by atoms with E-state index in [0.717, 1.165) is 6.07 Å². The van der Waals surface area contributed by atoms with Crippen molar-refractivity contribution in [3.8, 4) is 0 Å². The molecule has 1 aromatic carbocycles. The topological polar surface area (TPSA) is 20.2 Å². The van der Waals surface area contributed by atoms with Gasteiger partial charge < -0.3 is 5.11 Å². The summed E-state index contributed by atoms with van der Waals surface area (Å²) in [7, 11) is 0. The Bertz CT molecular complexity index is 376. The van der Waals surface area contributed by atoms with Crippen LogP contribution in [0, 0.1) is 11.6 Å². The number of halogens is 6. The summed E-state index contributed by atoms with van der Waals surface area (Å²) in [6.45, 7) is 0. The fourth-order valence-corrected chi connectivity index (χ4v) is 1.12. The molecule has 0 aliphatic rings. The summed E-state index contributed by atoms with van der Waals surface area (Å²) in [5.41, 5.74) is -1.49. The Hall–Kier alpha value is -0.880. The molecule has 0 amide bonds. The minimum absolute atomic E-state index is 0.551. The molecule has 1 N–H and O–H groups in total. The summed E-state index contributed by atoms with van der Waals surface area (Å²) < 4.78 is 61.9. The molecule has 1 nitrogen and oxygen atoms in total. The van der Waals surface area contributed by atoms with Gasteiger partial charge in [0.2, 0.25) is 0 Å². The third-order valence-corrected chi connectivity index (χ3v) is 1.95. The molecule has 0 aliphatic heterocycles. The summed E-state index contributed by atoms with van der Waals surface area (Å²) in [4.78, 5) is 0. The zero-order chi connectivity index (χ0) is 11.8. The Morgan fingerprint density at radius 3 is 2.20 bits per heavy atom. The Morgan fingerprint density at radius 1 is 1.20 bits per heavy atom. The first-order valence-corrected chi connectivity index (χ1v) is 4.01. The zero-order valence-corrected chi connectivity index (χ0v) is 7.70. The van der Waals surface area contributed by atoms with Crippen LogP contribution in [0.5, 0.6) is 0 Å². The lowest BCUT2D eigenvalue weighted by Crippen LogP contribution is -2.22. The molecular weight excluding hydrogens is 243 g/mol. The average Bonchev–Trinajstić information content (AvgIpc) is 2.10. The minimum Gasteiger partial charge on any atom is -0.379 e. The van der Waals surface area contributed by atoms with Crippen molar-refractivity contribution in [2.45, 2.75) is 12.3 Å². The van der Waals surface area contributed by atoms with Crippen molar-refractivity contribution >= 4 is 11.6 Å². The van der Waals surface area contributed by atoms with E-state index in [1.807, 2.05) is 0 Å². The van der Waals surface area contributed by atoms with E-state index >= 15 is 0 Å². The molecule has 7 heteroatoms. The number of aliphatic hydroxyl groups excluding tert-OH is 1. The second-order valence-corrected chi connectivity index (χ2v) is 3.11. The van der Waals surface area contributed by atoms with E-state index in [0.29, 0.717) is 6.07 Å². The standard InChI is InChI=1S/C8H4ClF5O/c9-3-1-2-4(10)5(6(3)11)7(15)8(12,13)14/h1-2,7,15H/t7-/m1/s1. The molecular formula is C8H4ClF5O. The summed E-state index contributed by atoms with van der Waals surface area (Å²) in [5, 5.41) is 7.99. The lowest BCUT2D eigenvalue weighted by Gasteiger charge is -2.16. The maximum Gasteiger partial charge on any atom is 0.418 e. The van der Waals surface area contributed by atoms with Crippen molar-refractivity contribution in [3.63, 3.8) is 0 Å². The predicted octanol–water partition coefficient (Wildman–Crippen LogP) is 3.21. The first-order valence-electron chi connectivity index (χ1n) is 3.63. The second-order valence-electron chi connectivity index (χ2n) is 2.70. The van der Waals surface area contributed by atoms with Crippen LogP contribution in [0.1, 0.15) is 11.7 Å². The fraction of sp³-hybridized carbons (Fsp3) is 0.250. The Balaban J connectivity index is 3.31. The van der Waals surface area contributed by atoms with Gasteiger partial charge in [0, 0.05) is 0 Å². The first-order chi connectivity index (χ1) is 6.75. The number of alkyl halides is 3. The molecule has 84 valence electrons. The predicted molar refractivity (Wildman–Crippen MR) is 42.4 cm³/mol. The summed E-state index contributed by atoms with van der Waals surface area (Å²) in [6.07, 6.45) is -8.37. The molecule has 0 fully saturated rings. The van der Waals surface area contributed by atoms with Crippen LogP contribution in [-0.2, 0) is 0 Å². The molecule has 0 heterocycles. The van der Waals surface area contributed by atoms with E-state index in [1.54, 1.807) is 0 Å². The summed E-state index contributed by atoms with van der Waals surface area (Å²) in [6, 6.07) is 1.31. The Kier molecular flexibility index (Phi) is 3.20. The molecule has 0 radical (unpaired) electrons. The highest BCUT2D eigenvalue weighted by Gasteiger charge is 2.42. The van der Waals surface area contributed by atoms with Crippen molar-refractivity contribution in [2.24, 2.45) is 0 Å². The SMILES string of the molecule is O[C@H](c1c(F)ccc(Cl)c1F)C(F)(F)F. The molecule has 0 aromatic heterocycles. The smallest absolute Gasteiger partial charge is 0.379 e. The highest BCUT2D eigenvalue weighted by molar-refractivity contribution is 6.30. The van der Waals surface area contributed by atoms with Gasteiger partial charge in [-0.2, -0.15) is 13.2 Å². The monoisotopic (exact) mass is 246 g/mol. The van der Waals surface area contributed by atoms with Crippen LogP contribution in [-0.4, -0.2) is 11.3 Å². The van der Waals surface area contributed by atoms with Gasteiger partial charge in [0.15, 0.2) is 11.9 Å². The van der Waals surface area contributed by atoms with E-state index in [2.05, 4.69) is 0 Å². The molecule has 0 bridgehead atoms. The van der Waals surface area contributed by atoms with Gasteiger partial charge in [0.25, 0.3) is 0 Å². The van der Waals surface area contributed by atoms with Crippen LogP contribution < -0.4 is 0 Å². The summed E-state index contributed by atoms with van der Waals surface area (Å²) in [5.74, 6) is -3.11. The molecule has 1 rings (SSSR count). The fourth-order valence-electron chi connectivity index (χ4n) is 0.957. The van der Waals surface area contributed by atoms with Crippen molar-refractivity contribution in [2.75, 3.05) is 0 Å². The van der Waals surface area contributed by atoms with Crippen molar-refractivity contribution in [1.82, 2.24) is 0 Å². The van der Waals surface area contributed by atoms with Gasteiger partial charge in [0.05, 0.1) is 10.6 Å². The number of hydrogen-bond donors (Lipinski definition) is 1. The average molecular weight is 247 g/mol. The molecule has 0 aliphatic carbocycles. The molecule has 0 saturated heterocycles. The Morgan fingerprint density at radius 2 is 1.73 bits per heavy atom. The van der Waals surface area contributed by atoms with Crippen molar-refractivity contribution in [3.05, 3.63) is 34.4 Å². The van der Waals surface area contributed by atoms with E-state index < -0.39 is 34.5 Å². The number of aliphatic hydroxyl groups is 1.